The van der Waals surface area contributed by atoms with Crippen molar-refractivity contribution in [2.45, 2.75) is 31.2 Å². The molecule has 0 bridgehead atoms. The number of hydrogen-bond acceptors (Lipinski definition) is 4. The van der Waals surface area contributed by atoms with E-state index in [9.17, 15) is 24.3 Å². The van der Waals surface area contributed by atoms with E-state index in [0.717, 1.165) is 10.0 Å². The topological polar surface area (TPSA) is 135 Å². The molecule has 0 radical (unpaired) electrons. The molecule has 8 nitrogen and oxygen atoms in total. The van der Waals surface area contributed by atoms with Crippen LogP contribution in [0.3, 0.4) is 0 Å². The predicted molar refractivity (Wildman–Crippen MR) is 114 cm³/mol. The van der Waals surface area contributed by atoms with Gasteiger partial charge in [0.05, 0.1) is 29.4 Å². The quantitative estimate of drug-likeness (QED) is 0.487. The summed E-state index contributed by atoms with van der Waals surface area (Å²) >= 11 is 3.41. The number of aromatic amines is 1. The number of carbonyl (C=O) groups excluding carboxylic acids is 1. The van der Waals surface area contributed by atoms with Crippen LogP contribution in [0.2, 0.25) is 0 Å². The predicted octanol–water partition coefficient (Wildman–Crippen LogP) is 1.84. The van der Waals surface area contributed by atoms with Crippen LogP contribution in [0.1, 0.15) is 35.1 Å². The van der Waals surface area contributed by atoms with Crippen molar-refractivity contribution < 1.29 is 14.7 Å². The lowest BCUT2D eigenvalue weighted by atomic mass is 9.82. The van der Waals surface area contributed by atoms with Gasteiger partial charge in [0.25, 0.3) is 0 Å². The van der Waals surface area contributed by atoms with E-state index in [1.807, 2.05) is 6.07 Å². The molecule has 2 aromatic carbocycles. The molecule has 154 valence electrons. The summed E-state index contributed by atoms with van der Waals surface area (Å²) in [6, 6.07) is 9.54. The summed E-state index contributed by atoms with van der Waals surface area (Å²) in [4.78, 5) is 51.7. The normalized spacial score (nSPS) is 16.4. The SMILES string of the molecule is NC(=O)C(c1ccccc1CC(=O)O)C1CCc2cc(Br)cc3[nH]c(=O)c(=O)n1c23. The Labute approximate surface area is 178 Å². The maximum absolute atomic E-state index is 12.9. The number of amides is 1. The fourth-order valence-electron chi connectivity index (χ4n) is 4.39. The first-order chi connectivity index (χ1) is 14.3. The molecule has 0 saturated carbocycles. The summed E-state index contributed by atoms with van der Waals surface area (Å²) in [5.41, 5.74) is 7.02. The molecular weight excluding hydrogens is 454 g/mol. The van der Waals surface area contributed by atoms with Crippen LogP contribution in [0.5, 0.6) is 0 Å². The molecule has 2 heterocycles. The number of halogens is 1. The second-order valence-electron chi connectivity index (χ2n) is 7.35. The Bertz CT molecular complexity index is 1310. The van der Waals surface area contributed by atoms with Crippen molar-refractivity contribution in [2.75, 3.05) is 0 Å². The summed E-state index contributed by atoms with van der Waals surface area (Å²) in [7, 11) is 0. The standard InChI is InChI=1S/C21H18BrN3O5/c22-12-7-11-5-6-15(25-18(11)14(9-12)24-20(29)21(25)30)17(19(23)28)13-4-2-1-3-10(13)8-16(26)27/h1-4,7,9,15,17H,5-6,8H2,(H2,23,28)(H,24,29)(H,26,27). The van der Waals surface area contributed by atoms with Gasteiger partial charge in [-0.05, 0) is 41.7 Å². The van der Waals surface area contributed by atoms with E-state index in [1.165, 1.54) is 4.57 Å². The van der Waals surface area contributed by atoms with E-state index in [-0.39, 0.29) is 6.42 Å². The van der Waals surface area contributed by atoms with Crippen molar-refractivity contribution >= 4 is 38.8 Å². The number of aliphatic carboxylic acids is 1. The van der Waals surface area contributed by atoms with E-state index in [2.05, 4.69) is 20.9 Å². The third-order valence-electron chi connectivity index (χ3n) is 5.52. The van der Waals surface area contributed by atoms with Crippen molar-refractivity contribution in [1.82, 2.24) is 9.55 Å². The summed E-state index contributed by atoms with van der Waals surface area (Å²) in [5.74, 6) is -2.68. The number of primary amides is 1. The molecule has 2 atom stereocenters. The van der Waals surface area contributed by atoms with Crippen molar-refractivity contribution in [3.8, 4) is 0 Å². The first-order valence-electron chi connectivity index (χ1n) is 9.33. The van der Waals surface area contributed by atoms with E-state index in [4.69, 9.17) is 5.73 Å². The molecule has 0 spiro atoms. The van der Waals surface area contributed by atoms with E-state index >= 15 is 0 Å². The van der Waals surface area contributed by atoms with Gasteiger partial charge in [0.15, 0.2) is 0 Å². The summed E-state index contributed by atoms with van der Waals surface area (Å²) in [6.45, 7) is 0. The van der Waals surface area contributed by atoms with Crippen LogP contribution in [-0.4, -0.2) is 26.5 Å². The van der Waals surface area contributed by atoms with Crippen LogP contribution in [0, 0.1) is 0 Å². The highest BCUT2D eigenvalue weighted by atomic mass is 79.9. The molecule has 4 rings (SSSR count). The van der Waals surface area contributed by atoms with Gasteiger partial charge in [0.2, 0.25) is 5.91 Å². The Morgan fingerprint density at radius 3 is 2.70 bits per heavy atom. The highest BCUT2D eigenvalue weighted by Gasteiger charge is 2.36. The molecule has 4 N–H and O–H groups in total. The monoisotopic (exact) mass is 471 g/mol. The lowest BCUT2D eigenvalue weighted by Crippen LogP contribution is -2.44. The number of H-pyrrole nitrogens is 1. The number of rotatable bonds is 5. The van der Waals surface area contributed by atoms with Gasteiger partial charge < -0.3 is 15.8 Å². The van der Waals surface area contributed by atoms with Gasteiger partial charge in [-0.25, -0.2) is 0 Å². The van der Waals surface area contributed by atoms with E-state index in [1.54, 1.807) is 30.3 Å². The molecular formula is C21H18BrN3O5. The minimum Gasteiger partial charge on any atom is -0.481 e. The Morgan fingerprint density at radius 1 is 1.27 bits per heavy atom. The lowest BCUT2D eigenvalue weighted by Gasteiger charge is -2.33. The zero-order chi connectivity index (χ0) is 21.6. The van der Waals surface area contributed by atoms with Gasteiger partial charge in [-0.2, -0.15) is 0 Å². The first-order valence-corrected chi connectivity index (χ1v) is 10.1. The number of carbonyl (C=O) groups is 2. The number of aromatic nitrogens is 2. The van der Waals surface area contributed by atoms with Gasteiger partial charge in [0.1, 0.15) is 0 Å². The Kier molecular flexibility index (Phi) is 5.07. The van der Waals surface area contributed by atoms with Crippen molar-refractivity contribution in [1.29, 1.82) is 0 Å². The van der Waals surface area contributed by atoms with Gasteiger partial charge >= 0.3 is 17.1 Å². The second-order valence-corrected chi connectivity index (χ2v) is 8.26. The largest absolute Gasteiger partial charge is 0.481 e. The number of aryl methyl sites for hydroxylation is 1. The minimum atomic E-state index is -1.04. The van der Waals surface area contributed by atoms with E-state index < -0.39 is 35.0 Å². The van der Waals surface area contributed by atoms with Gasteiger partial charge in [-0.1, -0.05) is 40.2 Å². The molecule has 2 unspecified atom stereocenters. The Morgan fingerprint density at radius 2 is 2.00 bits per heavy atom. The third kappa shape index (κ3) is 3.35. The van der Waals surface area contributed by atoms with Gasteiger partial charge in [-0.15, -0.1) is 0 Å². The minimum absolute atomic E-state index is 0.282. The molecule has 0 fully saturated rings. The lowest BCUT2D eigenvalue weighted by molar-refractivity contribution is -0.136. The molecule has 0 saturated heterocycles. The van der Waals surface area contributed by atoms with Crippen LogP contribution in [-0.2, 0) is 22.4 Å². The second kappa shape index (κ2) is 7.56. The van der Waals surface area contributed by atoms with Gasteiger partial charge in [0, 0.05) is 4.47 Å². The first kappa shape index (κ1) is 20.1. The molecule has 0 aliphatic carbocycles. The van der Waals surface area contributed by atoms with Crippen LogP contribution < -0.4 is 16.9 Å². The fraction of sp³-hybridized carbons (Fsp3) is 0.238. The van der Waals surface area contributed by atoms with Crippen molar-refractivity contribution in [3.05, 3.63) is 78.3 Å². The van der Waals surface area contributed by atoms with Crippen LogP contribution in [0.25, 0.3) is 11.0 Å². The number of carboxylic acid groups (broad SMARTS) is 1. The molecule has 1 aliphatic heterocycles. The molecule has 1 amide bonds. The Balaban J connectivity index is 1.99. The summed E-state index contributed by atoms with van der Waals surface area (Å²) in [5, 5.41) is 9.26. The van der Waals surface area contributed by atoms with Gasteiger partial charge in [-0.3, -0.25) is 23.7 Å². The maximum Gasteiger partial charge on any atom is 0.317 e. The number of benzene rings is 2. The zero-order valence-corrected chi connectivity index (χ0v) is 17.3. The summed E-state index contributed by atoms with van der Waals surface area (Å²) in [6.07, 6.45) is 0.684. The average molecular weight is 472 g/mol. The number of nitrogens with zero attached hydrogens (tertiary/aromatic N) is 1. The number of nitrogens with two attached hydrogens (primary N) is 1. The molecule has 30 heavy (non-hydrogen) atoms. The highest BCUT2D eigenvalue weighted by Crippen LogP contribution is 2.39. The molecule has 9 heteroatoms. The summed E-state index contributed by atoms with van der Waals surface area (Å²) < 4.78 is 2.12. The molecule has 1 aromatic heterocycles. The van der Waals surface area contributed by atoms with Crippen molar-refractivity contribution in [2.24, 2.45) is 5.73 Å². The molecule has 3 aromatic rings. The number of hydrogen-bond donors (Lipinski definition) is 3. The zero-order valence-electron chi connectivity index (χ0n) is 15.7. The average Bonchev–Trinajstić information content (AvgIpc) is 2.67. The van der Waals surface area contributed by atoms with Crippen LogP contribution in [0.4, 0.5) is 0 Å². The van der Waals surface area contributed by atoms with E-state index in [0.29, 0.717) is 35.0 Å². The van der Waals surface area contributed by atoms with Crippen LogP contribution in [0.15, 0.2) is 50.5 Å². The third-order valence-corrected chi connectivity index (χ3v) is 5.98. The number of nitrogens with one attached hydrogen (secondary N) is 1. The smallest absolute Gasteiger partial charge is 0.317 e. The fourth-order valence-corrected chi connectivity index (χ4v) is 4.89. The maximum atomic E-state index is 12.9. The Hall–Kier alpha value is -3.20. The number of carboxylic acids is 1. The van der Waals surface area contributed by atoms with Crippen LogP contribution >= 0.6 is 15.9 Å². The molecule has 1 aliphatic rings. The highest BCUT2D eigenvalue weighted by molar-refractivity contribution is 9.10. The van der Waals surface area contributed by atoms with Crippen molar-refractivity contribution in [3.63, 3.8) is 0 Å².